The van der Waals surface area contributed by atoms with Gasteiger partial charge >= 0.3 is 5.69 Å². The molecule has 2 aromatic heterocycles. The number of aromatic nitrogens is 3. The predicted molar refractivity (Wildman–Crippen MR) is 137 cm³/mol. The van der Waals surface area contributed by atoms with Gasteiger partial charge in [-0.1, -0.05) is 32.9 Å². The Kier molecular flexibility index (Phi) is 6.24. The second-order valence-corrected chi connectivity index (χ2v) is 12.9. The first-order valence-corrected chi connectivity index (χ1v) is 13.4. The summed E-state index contributed by atoms with van der Waals surface area (Å²) in [7, 11) is -0.624. The van der Waals surface area contributed by atoms with Crippen LogP contribution in [-0.4, -0.2) is 52.7 Å². The zero-order chi connectivity index (χ0) is 24.1. The number of fused-ring (bicyclic) bond motifs is 1. The lowest BCUT2D eigenvalue weighted by Crippen LogP contribution is -2.39. The van der Waals surface area contributed by atoms with E-state index in [2.05, 4.69) is 57.7 Å². The van der Waals surface area contributed by atoms with E-state index in [1.165, 1.54) is 5.56 Å². The van der Waals surface area contributed by atoms with Gasteiger partial charge in [0.05, 0.1) is 22.7 Å². The minimum absolute atomic E-state index is 0.0144. The lowest BCUT2D eigenvalue weighted by molar-refractivity contribution is 0.223. The van der Waals surface area contributed by atoms with Crippen LogP contribution in [0.3, 0.4) is 0 Å². The molecule has 3 heterocycles. The van der Waals surface area contributed by atoms with Gasteiger partial charge in [0.2, 0.25) is 0 Å². The molecule has 4 rings (SSSR count). The van der Waals surface area contributed by atoms with Crippen molar-refractivity contribution in [1.29, 1.82) is 0 Å². The smallest absolute Gasteiger partial charge is 0.299 e. The molecule has 0 radical (unpaired) electrons. The number of nitrogens with zero attached hydrogens (tertiary/aromatic N) is 4. The quantitative estimate of drug-likeness (QED) is 0.565. The molecule has 0 bridgehead atoms. The first kappa shape index (κ1) is 24.0. The molecular formula is C25H36N4O3S. The van der Waals surface area contributed by atoms with E-state index in [4.69, 9.17) is 4.98 Å². The van der Waals surface area contributed by atoms with Crippen molar-refractivity contribution in [3.05, 3.63) is 51.9 Å². The number of aryl methyl sites for hydroxylation is 2. The third kappa shape index (κ3) is 4.89. The standard InChI is InChI=1S/C25H36N4O3S/c1-17-7-8-19(18(2)28-11-13-33(31,32)14-12-28)15-20(17)21-9-10-22-23(26-21)27(6)24(30)29(22)16-25(3,4)5/h7-10,15,18,31-32H,11-14,16H2,1-6H3. The number of rotatable bonds is 4. The maximum atomic E-state index is 12.9. The Morgan fingerprint density at radius 3 is 2.42 bits per heavy atom. The van der Waals surface area contributed by atoms with Crippen molar-refractivity contribution in [3.63, 3.8) is 0 Å². The molecular weight excluding hydrogens is 436 g/mol. The normalized spacial score (nSPS) is 19.0. The summed E-state index contributed by atoms with van der Waals surface area (Å²) in [5, 5.41) is 0. The Morgan fingerprint density at radius 1 is 1.12 bits per heavy atom. The number of benzene rings is 1. The molecule has 1 aromatic carbocycles. The second kappa shape index (κ2) is 8.58. The Labute approximate surface area is 197 Å². The second-order valence-electron chi connectivity index (χ2n) is 10.5. The Bertz CT molecular complexity index is 1230. The topological polar surface area (TPSA) is 83.5 Å². The lowest BCUT2D eigenvalue weighted by Gasteiger charge is -2.43. The van der Waals surface area contributed by atoms with Gasteiger partial charge in [-0.05, 0) is 48.6 Å². The van der Waals surface area contributed by atoms with Crippen LogP contribution in [0.1, 0.15) is 44.9 Å². The highest BCUT2D eigenvalue weighted by molar-refractivity contribution is 8.24. The zero-order valence-electron chi connectivity index (χ0n) is 20.5. The van der Waals surface area contributed by atoms with E-state index >= 15 is 0 Å². The minimum atomic E-state index is -2.41. The number of hydrogen-bond acceptors (Lipinski definition) is 5. The van der Waals surface area contributed by atoms with Gasteiger partial charge in [0.25, 0.3) is 0 Å². The van der Waals surface area contributed by atoms with Crippen molar-refractivity contribution >= 4 is 21.8 Å². The van der Waals surface area contributed by atoms with Crippen LogP contribution in [0.5, 0.6) is 0 Å². The lowest BCUT2D eigenvalue weighted by atomic mass is 9.97. The summed E-state index contributed by atoms with van der Waals surface area (Å²) in [6.07, 6.45) is 0. The molecule has 1 unspecified atom stereocenters. The van der Waals surface area contributed by atoms with E-state index in [0.29, 0.717) is 36.8 Å². The van der Waals surface area contributed by atoms with Crippen molar-refractivity contribution in [2.24, 2.45) is 12.5 Å². The highest BCUT2D eigenvalue weighted by Crippen LogP contribution is 2.42. The van der Waals surface area contributed by atoms with Crippen molar-refractivity contribution in [2.45, 2.75) is 47.2 Å². The summed E-state index contributed by atoms with van der Waals surface area (Å²) >= 11 is 0. The number of imidazole rings is 1. The summed E-state index contributed by atoms with van der Waals surface area (Å²) in [5.74, 6) is 0.877. The number of hydrogen-bond donors (Lipinski definition) is 2. The average molecular weight is 473 g/mol. The summed E-state index contributed by atoms with van der Waals surface area (Å²) < 4.78 is 23.3. The average Bonchev–Trinajstić information content (AvgIpc) is 2.97. The van der Waals surface area contributed by atoms with Crippen LogP contribution < -0.4 is 5.69 Å². The van der Waals surface area contributed by atoms with Gasteiger partial charge in [-0.3, -0.25) is 23.1 Å². The molecule has 1 aliphatic rings. The van der Waals surface area contributed by atoms with Gasteiger partial charge in [-0.25, -0.2) is 9.78 Å². The molecule has 180 valence electrons. The predicted octanol–water partition coefficient (Wildman–Crippen LogP) is 4.88. The van der Waals surface area contributed by atoms with E-state index in [0.717, 1.165) is 22.3 Å². The summed E-state index contributed by atoms with van der Waals surface area (Å²) in [6.45, 7) is 12.6. The van der Waals surface area contributed by atoms with Gasteiger partial charge in [-0.15, -0.1) is 0 Å². The van der Waals surface area contributed by atoms with Gasteiger partial charge < -0.3 is 0 Å². The molecule has 0 spiro atoms. The van der Waals surface area contributed by atoms with Crippen molar-refractivity contribution in [3.8, 4) is 11.3 Å². The van der Waals surface area contributed by atoms with Crippen LogP contribution in [0.4, 0.5) is 0 Å². The molecule has 1 saturated heterocycles. The van der Waals surface area contributed by atoms with Gasteiger partial charge in [-0.2, -0.15) is 10.6 Å². The van der Waals surface area contributed by atoms with Crippen LogP contribution in [0.25, 0.3) is 22.4 Å². The molecule has 2 N–H and O–H groups in total. The molecule has 1 atom stereocenters. The van der Waals surface area contributed by atoms with Crippen LogP contribution in [0, 0.1) is 12.3 Å². The SMILES string of the molecule is Cc1ccc(C(C)N2CCS(O)(O)CC2)cc1-c1ccc2c(n1)n(C)c(=O)n2CC(C)(C)C. The fraction of sp³-hybridized carbons (Fsp3) is 0.520. The van der Waals surface area contributed by atoms with Crippen molar-refractivity contribution < 1.29 is 9.11 Å². The first-order valence-electron chi connectivity index (χ1n) is 11.5. The van der Waals surface area contributed by atoms with Crippen LogP contribution in [0.15, 0.2) is 35.1 Å². The highest BCUT2D eigenvalue weighted by atomic mass is 32.3. The first-order chi connectivity index (χ1) is 15.4. The van der Waals surface area contributed by atoms with E-state index in [1.54, 1.807) is 11.6 Å². The van der Waals surface area contributed by atoms with Crippen LogP contribution in [0.2, 0.25) is 0 Å². The molecule has 1 fully saturated rings. The third-order valence-corrected chi connectivity index (χ3v) is 8.26. The molecule has 0 aliphatic carbocycles. The Hall–Kier alpha value is -2.13. The van der Waals surface area contributed by atoms with Gasteiger partial charge in [0.15, 0.2) is 5.65 Å². The van der Waals surface area contributed by atoms with E-state index in [-0.39, 0.29) is 17.1 Å². The fourth-order valence-electron chi connectivity index (χ4n) is 4.56. The molecule has 1 aliphatic heterocycles. The zero-order valence-corrected chi connectivity index (χ0v) is 21.3. The van der Waals surface area contributed by atoms with E-state index in [9.17, 15) is 13.9 Å². The molecule has 0 amide bonds. The maximum absolute atomic E-state index is 12.9. The Morgan fingerprint density at radius 2 is 1.79 bits per heavy atom. The fourth-order valence-corrected chi connectivity index (χ4v) is 5.82. The largest absolute Gasteiger partial charge is 0.330 e. The summed E-state index contributed by atoms with van der Waals surface area (Å²) in [4.78, 5) is 20.1. The molecule has 7 nitrogen and oxygen atoms in total. The third-order valence-electron chi connectivity index (χ3n) is 6.59. The van der Waals surface area contributed by atoms with Crippen LogP contribution in [-0.2, 0) is 13.6 Å². The monoisotopic (exact) mass is 472 g/mol. The molecule has 33 heavy (non-hydrogen) atoms. The highest BCUT2D eigenvalue weighted by Gasteiger charge is 2.26. The van der Waals surface area contributed by atoms with E-state index in [1.807, 2.05) is 16.7 Å². The minimum Gasteiger partial charge on any atom is -0.299 e. The molecule has 0 saturated carbocycles. The maximum Gasteiger partial charge on any atom is 0.330 e. The summed E-state index contributed by atoms with van der Waals surface area (Å²) in [6, 6.07) is 10.6. The molecule has 3 aromatic rings. The van der Waals surface area contributed by atoms with Gasteiger partial charge in [0, 0.05) is 38.3 Å². The van der Waals surface area contributed by atoms with E-state index < -0.39 is 10.6 Å². The van der Waals surface area contributed by atoms with Crippen molar-refractivity contribution in [1.82, 2.24) is 19.0 Å². The molecule has 8 heteroatoms. The number of pyridine rings is 1. The van der Waals surface area contributed by atoms with Crippen LogP contribution >= 0.6 is 10.6 Å². The summed E-state index contributed by atoms with van der Waals surface area (Å²) in [5.41, 5.74) is 5.71. The Balaban J connectivity index is 1.70. The van der Waals surface area contributed by atoms with Gasteiger partial charge in [0.1, 0.15) is 0 Å². The van der Waals surface area contributed by atoms with Crippen molar-refractivity contribution in [2.75, 3.05) is 24.6 Å².